The molecule has 2 aliphatic rings. The Morgan fingerprint density at radius 1 is 1.00 bits per heavy atom. The van der Waals surface area contributed by atoms with Crippen molar-refractivity contribution < 1.29 is 4.42 Å². The van der Waals surface area contributed by atoms with E-state index in [1.54, 1.807) is 0 Å². The van der Waals surface area contributed by atoms with Crippen LogP contribution < -0.4 is 10.9 Å². The van der Waals surface area contributed by atoms with Gasteiger partial charge in [-0.3, -0.25) is 4.79 Å². The van der Waals surface area contributed by atoms with Crippen molar-refractivity contribution in [2.45, 2.75) is 51.1 Å². The lowest BCUT2D eigenvalue weighted by molar-refractivity contribution is 0.455. The molecule has 0 saturated carbocycles. The Labute approximate surface area is 158 Å². The monoisotopic (exact) mass is 360 g/mol. The standard InChI is InChI=1S/C23H24N2O2/c26-23-20-8-4-3-7-19(20)21(14-25-23)22-10-9-18(27-22)13-24-17-11-15-5-1-2-6-16(15)12-17/h1-2,5-6,9-10,14,17,24H,3-4,7-8,11-13H2,(H,25,26). The van der Waals surface area contributed by atoms with Gasteiger partial charge in [-0.05, 0) is 67.3 Å². The van der Waals surface area contributed by atoms with Crippen LogP contribution in [0, 0.1) is 0 Å². The fourth-order valence-electron chi connectivity index (χ4n) is 4.55. The molecule has 1 aromatic carbocycles. The van der Waals surface area contributed by atoms with Crippen LogP contribution in [-0.2, 0) is 32.2 Å². The minimum atomic E-state index is 0.0581. The summed E-state index contributed by atoms with van der Waals surface area (Å²) in [5.41, 5.74) is 6.13. The van der Waals surface area contributed by atoms with Gasteiger partial charge in [0.2, 0.25) is 0 Å². The van der Waals surface area contributed by atoms with E-state index in [0.29, 0.717) is 6.04 Å². The molecule has 2 N–H and O–H groups in total. The van der Waals surface area contributed by atoms with Gasteiger partial charge in [0.05, 0.1) is 6.54 Å². The molecule has 0 spiro atoms. The van der Waals surface area contributed by atoms with Crippen LogP contribution in [-0.4, -0.2) is 11.0 Å². The third-order valence-electron chi connectivity index (χ3n) is 5.96. The molecule has 3 aromatic rings. The number of aromatic nitrogens is 1. The molecule has 0 amide bonds. The van der Waals surface area contributed by atoms with E-state index in [9.17, 15) is 4.79 Å². The predicted molar refractivity (Wildman–Crippen MR) is 106 cm³/mol. The van der Waals surface area contributed by atoms with E-state index in [1.165, 1.54) is 16.7 Å². The molecule has 0 aliphatic heterocycles. The summed E-state index contributed by atoms with van der Waals surface area (Å²) in [6.07, 6.45) is 8.04. The first-order valence-corrected chi connectivity index (χ1v) is 9.90. The van der Waals surface area contributed by atoms with Crippen molar-refractivity contribution >= 4 is 0 Å². The van der Waals surface area contributed by atoms with Crippen molar-refractivity contribution in [1.29, 1.82) is 0 Å². The van der Waals surface area contributed by atoms with Crippen molar-refractivity contribution in [3.8, 4) is 11.3 Å². The summed E-state index contributed by atoms with van der Waals surface area (Å²) in [7, 11) is 0. The largest absolute Gasteiger partial charge is 0.460 e. The van der Waals surface area contributed by atoms with Crippen LogP contribution in [0.1, 0.15) is 40.9 Å². The predicted octanol–water partition coefficient (Wildman–Crippen LogP) is 3.77. The lowest BCUT2D eigenvalue weighted by Gasteiger charge is -2.17. The SMILES string of the molecule is O=c1[nH]cc(-c2ccc(CNC3Cc4ccccc4C3)o2)c2c1CCCC2. The van der Waals surface area contributed by atoms with Crippen LogP contribution in [0.15, 0.2) is 51.8 Å². The number of nitrogens with one attached hydrogen (secondary N) is 2. The fraction of sp³-hybridized carbons (Fsp3) is 0.348. The number of hydrogen-bond acceptors (Lipinski definition) is 3. The minimum absolute atomic E-state index is 0.0581. The van der Waals surface area contributed by atoms with Crippen molar-refractivity contribution in [3.63, 3.8) is 0 Å². The van der Waals surface area contributed by atoms with Crippen LogP contribution in [0.5, 0.6) is 0 Å². The molecule has 0 saturated heterocycles. The molecule has 0 radical (unpaired) electrons. The molecule has 138 valence electrons. The van der Waals surface area contributed by atoms with Gasteiger partial charge in [-0.2, -0.15) is 0 Å². The van der Waals surface area contributed by atoms with Crippen molar-refractivity contribution in [3.05, 3.63) is 81.0 Å². The van der Waals surface area contributed by atoms with Gasteiger partial charge in [-0.1, -0.05) is 24.3 Å². The Bertz CT molecular complexity index is 1010. The fourth-order valence-corrected chi connectivity index (χ4v) is 4.55. The van der Waals surface area contributed by atoms with Gasteiger partial charge in [-0.25, -0.2) is 0 Å². The number of rotatable bonds is 4. The second-order valence-corrected chi connectivity index (χ2v) is 7.72. The van der Waals surface area contributed by atoms with Crippen LogP contribution in [0.25, 0.3) is 11.3 Å². The minimum Gasteiger partial charge on any atom is -0.460 e. The Hall–Kier alpha value is -2.59. The number of H-pyrrole nitrogens is 1. The highest BCUT2D eigenvalue weighted by Gasteiger charge is 2.22. The number of pyridine rings is 1. The summed E-state index contributed by atoms with van der Waals surface area (Å²) in [6, 6.07) is 13.2. The zero-order valence-corrected chi connectivity index (χ0v) is 15.4. The van der Waals surface area contributed by atoms with E-state index >= 15 is 0 Å². The first-order chi connectivity index (χ1) is 13.3. The molecule has 4 heteroatoms. The normalized spacial score (nSPS) is 16.3. The first-order valence-electron chi connectivity index (χ1n) is 9.90. The average molecular weight is 360 g/mol. The number of benzene rings is 1. The molecule has 0 fully saturated rings. The summed E-state index contributed by atoms with van der Waals surface area (Å²) in [6.45, 7) is 0.726. The number of furan rings is 1. The smallest absolute Gasteiger partial charge is 0.251 e. The van der Waals surface area contributed by atoms with Gasteiger partial charge in [0.15, 0.2) is 0 Å². The maximum atomic E-state index is 12.1. The molecule has 0 atom stereocenters. The lowest BCUT2D eigenvalue weighted by atomic mass is 9.89. The summed E-state index contributed by atoms with van der Waals surface area (Å²) in [4.78, 5) is 15.0. The van der Waals surface area contributed by atoms with E-state index in [2.05, 4.69) is 34.6 Å². The highest BCUT2D eigenvalue weighted by atomic mass is 16.3. The third-order valence-corrected chi connectivity index (χ3v) is 5.96. The summed E-state index contributed by atoms with van der Waals surface area (Å²) in [5, 5.41) is 3.63. The van der Waals surface area contributed by atoms with Crippen molar-refractivity contribution in [1.82, 2.24) is 10.3 Å². The molecule has 2 aromatic heterocycles. The van der Waals surface area contributed by atoms with Gasteiger partial charge < -0.3 is 14.7 Å². The van der Waals surface area contributed by atoms with E-state index in [-0.39, 0.29) is 5.56 Å². The first kappa shape index (κ1) is 16.6. The lowest BCUT2D eigenvalue weighted by Crippen LogP contribution is -2.28. The highest BCUT2D eigenvalue weighted by molar-refractivity contribution is 5.63. The maximum absolute atomic E-state index is 12.1. The van der Waals surface area contributed by atoms with E-state index < -0.39 is 0 Å². The molecular formula is C23H24N2O2. The van der Waals surface area contributed by atoms with Gasteiger partial charge in [0.1, 0.15) is 11.5 Å². The zero-order chi connectivity index (χ0) is 18.2. The van der Waals surface area contributed by atoms with Crippen LogP contribution in [0.3, 0.4) is 0 Å². The van der Waals surface area contributed by atoms with Crippen LogP contribution >= 0.6 is 0 Å². The molecule has 4 nitrogen and oxygen atoms in total. The number of hydrogen-bond donors (Lipinski definition) is 2. The highest BCUT2D eigenvalue weighted by Crippen LogP contribution is 2.30. The van der Waals surface area contributed by atoms with E-state index in [1.807, 2.05) is 18.3 Å². The average Bonchev–Trinajstić information content (AvgIpc) is 3.33. The summed E-state index contributed by atoms with van der Waals surface area (Å²) in [5.74, 6) is 1.80. The van der Waals surface area contributed by atoms with E-state index in [0.717, 1.165) is 67.7 Å². The molecule has 5 rings (SSSR count). The van der Waals surface area contributed by atoms with Crippen LogP contribution in [0.4, 0.5) is 0 Å². The quantitative estimate of drug-likeness (QED) is 0.745. The van der Waals surface area contributed by atoms with Crippen molar-refractivity contribution in [2.24, 2.45) is 0 Å². The molecule has 0 unspecified atom stereocenters. The Kier molecular flexibility index (Phi) is 4.21. The maximum Gasteiger partial charge on any atom is 0.251 e. The van der Waals surface area contributed by atoms with Gasteiger partial charge >= 0.3 is 0 Å². The zero-order valence-electron chi connectivity index (χ0n) is 15.4. The van der Waals surface area contributed by atoms with E-state index in [4.69, 9.17) is 4.42 Å². The second kappa shape index (κ2) is 6.86. The topological polar surface area (TPSA) is 58.0 Å². The van der Waals surface area contributed by atoms with Gasteiger partial charge in [-0.15, -0.1) is 0 Å². The Morgan fingerprint density at radius 2 is 1.74 bits per heavy atom. The number of aromatic amines is 1. The summed E-state index contributed by atoms with van der Waals surface area (Å²) < 4.78 is 6.13. The molecule has 2 aliphatic carbocycles. The second-order valence-electron chi connectivity index (χ2n) is 7.72. The molecular weight excluding hydrogens is 336 g/mol. The Morgan fingerprint density at radius 3 is 2.52 bits per heavy atom. The molecule has 2 heterocycles. The third kappa shape index (κ3) is 3.15. The Balaban J connectivity index is 1.31. The van der Waals surface area contributed by atoms with Gasteiger partial charge in [0, 0.05) is 23.4 Å². The molecule has 27 heavy (non-hydrogen) atoms. The van der Waals surface area contributed by atoms with Crippen LogP contribution in [0.2, 0.25) is 0 Å². The number of fused-ring (bicyclic) bond motifs is 2. The van der Waals surface area contributed by atoms with Crippen molar-refractivity contribution in [2.75, 3.05) is 0 Å². The summed E-state index contributed by atoms with van der Waals surface area (Å²) >= 11 is 0. The molecule has 0 bridgehead atoms. The van der Waals surface area contributed by atoms with Gasteiger partial charge in [0.25, 0.3) is 5.56 Å².